The largest absolute Gasteiger partial charge is 2.00 e. The summed E-state index contributed by atoms with van der Waals surface area (Å²) in [5, 5.41) is 57.6. The van der Waals surface area contributed by atoms with Crippen LogP contribution >= 0.6 is 15.8 Å². The topological polar surface area (TPSA) is 161 Å². The average Bonchev–Trinajstić information content (AvgIpc) is 3.82. The van der Waals surface area contributed by atoms with Crippen molar-refractivity contribution in [1.29, 1.82) is 0 Å². The van der Waals surface area contributed by atoms with E-state index >= 15 is 0 Å². The number of carbonyl (C=O) groups excluding carboxylic acids is 2. The summed E-state index contributed by atoms with van der Waals surface area (Å²) in [6.45, 7) is 1.94. The second kappa shape index (κ2) is 28.7. The first kappa shape index (κ1) is 48.3. The molecule has 4 N–H and O–H groups in total. The zero-order valence-electron chi connectivity index (χ0n) is 31.3. The maximum atomic E-state index is 9.95. The van der Waals surface area contributed by atoms with Crippen LogP contribution in [0.15, 0.2) is 0 Å². The summed E-state index contributed by atoms with van der Waals surface area (Å²) in [6.07, 6.45) is 34.2. The minimum Gasteiger partial charge on any atom is -0.550 e. The van der Waals surface area contributed by atoms with E-state index in [1.165, 1.54) is 120 Å². The number of carboxylic acid groups (broad SMARTS) is 2. The molecule has 0 spiro atoms. The van der Waals surface area contributed by atoms with Crippen molar-refractivity contribution < 1.29 is 60.7 Å². The Bertz CT molecular complexity index is 757. The van der Waals surface area contributed by atoms with Gasteiger partial charge in [0.1, 0.15) is 0 Å². The van der Waals surface area contributed by atoms with Crippen molar-refractivity contribution in [2.24, 2.45) is 23.7 Å². The molecule has 4 aliphatic carbocycles. The molecule has 0 radical (unpaired) electrons. The fraction of sp³-hybridized carbons (Fsp3) is 0.949. The van der Waals surface area contributed by atoms with Gasteiger partial charge in [0.05, 0.1) is 24.4 Å². The molecule has 8 nitrogen and oxygen atoms in total. The summed E-state index contributed by atoms with van der Waals surface area (Å²) >= 11 is 0. The van der Waals surface area contributed by atoms with Crippen molar-refractivity contribution in [3.05, 3.63) is 0 Å². The summed E-state index contributed by atoms with van der Waals surface area (Å²) in [5.41, 5.74) is 0. The summed E-state index contributed by atoms with van der Waals surface area (Å²) in [4.78, 5) is 17.8. The Morgan fingerprint density at radius 1 is 0.460 bits per heavy atom. The van der Waals surface area contributed by atoms with Crippen molar-refractivity contribution in [3.63, 3.8) is 0 Å². The second-order valence-corrected chi connectivity index (χ2v) is 21.3. The second-order valence-electron chi connectivity index (χ2n) is 15.9. The first-order chi connectivity index (χ1) is 23.4. The Labute approximate surface area is 320 Å². The van der Waals surface area contributed by atoms with Gasteiger partial charge in [-0.15, -0.1) is 15.8 Å². The van der Waals surface area contributed by atoms with Gasteiger partial charge in [-0.3, -0.25) is 0 Å². The molecule has 8 unspecified atom stereocenters. The number of aliphatic hydroxyl groups excluding tert-OH is 4. The SMILES string of the molecule is CC(=O)[O-].CC(=O)[O-].OC1CCC(CCCP(CCCC2CCC(O)C2)CCCP(CCCC2CCC(O)C2)CCCC2CCC(O)C2)C1.[Pd+2]. The number of carboxylic acids is 2. The van der Waals surface area contributed by atoms with Crippen LogP contribution < -0.4 is 10.2 Å². The number of carbonyl (C=O) groups is 2. The number of hydrogen-bond donors (Lipinski definition) is 4. The molecule has 296 valence electrons. The molecule has 4 aliphatic rings. The number of hydrogen-bond acceptors (Lipinski definition) is 8. The minimum absolute atomic E-state index is 0. The maximum absolute atomic E-state index is 9.95. The van der Waals surface area contributed by atoms with Crippen molar-refractivity contribution >= 4 is 27.8 Å². The van der Waals surface area contributed by atoms with Crippen LogP contribution in [-0.4, -0.2) is 93.8 Å². The number of rotatable bonds is 20. The van der Waals surface area contributed by atoms with E-state index in [0.717, 1.165) is 88.9 Å². The van der Waals surface area contributed by atoms with E-state index in [1.807, 2.05) is 0 Å². The molecule has 4 rings (SSSR count). The Hall–Kier alpha value is 0.302. The zero-order chi connectivity index (χ0) is 36.0. The standard InChI is InChI=1S/C35H66O4P2.2C2H4O2.Pd/c36-32-14-10-28(24-32)6-1-18-40(19-2-7-29-11-15-33(37)25-29)22-5-23-41(20-3-8-30-12-16-34(38)26-30)21-4-9-31-13-17-35(39)27-31;2*1-2(3)4;/h28-39H,1-27H2;2*1H3,(H,3,4);/q;;;+2/p-2. The van der Waals surface area contributed by atoms with E-state index in [1.54, 1.807) is 0 Å². The van der Waals surface area contributed by atoms with Crippen LogP contribution in [0.5, 0.6) is 0 Å². The molecular weight excluding hydrogens is 765 g/mol. The molecule has 0 aliphatic heterocycles. The maximum Gasteiger partial charge on any atom is 2.00 e. The Morgan fingerprint density at radius 3 is 0.840 bits per heavy atom. The third-order valence-corrected chi connectivity index (χ3v) is 17.0. The van der Waals surface area contributed by atoms with Gasteiger partial charge in [0, 0.05) is 11.9 Å². The van der Waals surface area contributed by atoms with Gasteiger partial charge in [-0.1, -0.05) is 25.7 Å². The van der Waals surface area contributed by atoms with Gasteiger partial charge < -0.3 is 40.2 Å². The summed E-state index contributed by atoms with van der Waals surface area (Å²) in [7, 11) is 0.251. The molecule has 50 heavy (non-hydrogen) atoms. The first-order valence-corrected chi connectivity index (χ1v) is 23.7. The molecule has 4 saturated carbocycles. The van der Waals surface area contributed by atoms with E-state index < -0.39 is 11.9 Å². The van der Waals surface area contributed by atoms with Gasteiger partial charge in [0.25, 0.3) is 0 Å². The molecule has 8 atom stereocenters. The van der Waals surface area contributed by atoms with E-state index in [0.29, 0.717) is 0 Å². The Kier molecular flexibility index (Phi) is 27.7. The normalized spacial score (nSPS) is 30.0. The predicted octanol–water partition coefficient (Wildman–Crippen LogP) is 5.62. The number of aliphatic carboxylic acids is 2. The smallest absolute Gasteiger partial charge is 0.550 e. The molecule has 4 fully saturated rings. The predicted molar refractivity (Wildman–Crippen MR) is 199 cm³/mol. The molecule has 0 bridgehead atoms. The van der Waals surface area contributed by atoms with E-state index in [-0.39, 0.29) is 60.7 Å². The van der Waals surface area contributed by atoms with Crippen molar-refractivity contribution in [3.8, 4) is 0 Å². The molecule has 0 amide bonds. The van der Waals surface area contributed by atoms with Gasteiger partial charge in [0.15, 0.2) is 0 Å². The fourth-order valence-electron chi connectivity index (χ4n) is 8.85. The fourth-order valence-corrected chi connectivity index (χ4v) is 14.2. The van der Waals surface area contributed by atoms with Crippen molar-refractivity contribution in [1.82, 2.24) is 0 Å². The third-order valence-electron chi connectivity index (χ3n) is 11.3. The van der Waals surface area contributed by atoms with Gasteiger partial charge >= 0.3 is 20.4 Å². The zero-order valence-corrected chi connectivity index (χ0v) is 34.7. The third kappa shape index (κ3) is 24.6. The van der Waals surface area contributed by atoms with Gasteiger partial charge in [-0.2, -0.15) is 0 Å². The van der Waals surface area contributed by atoms with E-state index in [2.05, 4.69) is 0 Å². The van der Waals surface area contributed by atoms with Gasteiger partial charge in [0.2, 0.25) is 0 Å². The monoisotopic (exact) mass is 836 g/mol. The quantitative estimate of drug-likeness (QED) is 0.0909. The van der Waals surface area contributed by atoms with E-state index in [4.69, 9.17) is 19.8 Å². The Morgan fingerprint density at radius 2 is 0.660 bits per heavy atom. The number of aliphatic hydroxyl groups is 4. The summed E-state index contributed by atoms with van der Waals surface area (Å²) in [6, 6.07) is 0. The van der Waals surface area contributed by atoms with Crippen LogP contribution in [0.25, 0.3) is 0 Å². The van der Waals surface area contributed by atoms with Crippen molar-refractivity contribution in [2.45, 2.75) is 173 Å². The van der Waals surface area contributed by atoms with Crippen LogP contribution in [0, 0.1) is 23.7 Å². The minimum atomic E-state index is -1.08. The van der Waals surface area contributed by atoms with Crippen LogP contribution in [-0.2, 0) is 30.0 Å². The molecule has 0 aromatic rings. The molecule has 0 heterocycles. The van der Waals surface area contributed by atoms with Gasteiger partial charge in [-0.05, 0) is 184 Å². The van der Waals surface area contributed by atoms with Crippen LogP contribution in [0.2, 0.25) is 0 Å². The van der Waals surface area contributed by atoms with Crippen molar-refractivity contribution in [2.75, 3.05) is 37.0 Å². The van der Waals surface area contributed by atoms with Crippen LogP contribution in [0.1, 0.15) is 149 Å². The van der Waals surface area contributed by atoms with Crippen LogP contribution in [0.3, 0.4) is 0 Å². The molecule has 11 heteroatoms. The molecule has 0 aromatic heterocycles. The molecule has 0 aromatic carbocycles. The molecular formula is C39H72O8P2Pd. The summed E-state index contributed by atoms with van der Waals surface area (Å²) < 4.78 is 0. The molecule has 0 saturated heterocycles. The van der Waals surface area contributed by atoms with E-state index in [9.17, 15) is 20.4 Å². The Balaban J connectivity index is 0.00000125. The summed E-state index contributed by atoms with van der Waals surface area (Å²) in [5.74, 6) is 0.932. The van der Waals surface area contributed by atoms with Crippen LogP contribution in [0.4, 0.5) is 0 Å². The average molecular weight is 837 g/mol. The first-order valence-electron chi connectivity index (χ1n) is 19.9. The van der Waals surface area contributed by atoms with Gasteiger partial charge in [-0.25, -0.2) is 0 Å².